The number of nitrogens with zero attached hydrogens (tertiary/aromatic N) is 2. The molecule has 0 N–H and O–H groups in total. The van der Waals surface area contributed by atoms with E-state index in [2.05, 4.69) is 47.1 Å². The fourth-order valence-electron chi connectivity index (χ4n) is 4.51. The summed E-state index contributed by atoms with van der Waals surface area (Å²) in [6, 6.07) is 11.5. The Bertz CT molecular complexity index is 631. The van der Waals surface area contributed by atoms with Gasteiger partial charge in [-0.15, -0.1) is 0 Å². The van der Waals surface area contributed by atoms with Crippen LogP contribution in [0, 0.1) is 11.8 Å². The van der Waals surface area contributed by atoms with E-state index < -0.39 is 0 Å². The summed E-state index contributed by atoms with van der Waals surface area (Å²) in [5.74, 6) is 1.92. The van der Waals surface area contributed by atoms with Crippen LogP contribution in [0.25, 0.3) is 10.9 Å². The van der Waals surface area contributed by atoms with Crippen LogP contribution >= 0.6 is 0 Å². The lowest BCUT2D eigenvalue weighted by atomic mass is 9.73. The van der Waals surface area contributed by atoms with E-state index in [-0.39, 0.29) is 0 Å². The highest BCUT2D eigenvalue weighted by Gasteiger charge is 2.38. The Kier molecular flexibility index (Phi) is 3.42. The number of fused-ring (bicyclic) bond motifs is 4. The first-order chi connectivity index (χ1) is 10.3. The normalized spacial score (nSPS) is 31.7. The maximum absolute atomic E-state index is 4.49. The van der Waals surface area contributed by atoms with E-state index in [1.807, 2.05) is 6.20 Å². The third kappa shape index (κ3) is 2.36. The molecule has 2 aromatic rings. The monoisotopic (exact) mass is 280 g/mol. The van der Waals surface area contributed by atoms with Gasteiger partial charge in [0.15, 0.2) is 0 Å². The summed E-state index contributed by atoms with van der Waals surface area (Å²) < 4.78 is 0. The van der Waals surface area contributed by atoms with Gasteiger partial charge in [-0.3, -0.25) is 9.88 Å². The van der Waals surface area contributed by atoms with Gasteiger partial charge in [0.25, 0.3) is 0 Å². The van der Waals surface area contributed by atoms with Gasteiger partial charge in [-0.25, -0.2) is 0 Å². The van der Waals surface area contributed by atoms with Crippen molar-refractivity contribution < 1.29 is 0 Å². The number of aromatic nitrogens is 1. The van der Waals surface area contributed by atoms with E-state index in [4.69, 9.17) is 0 Å². The van der Waals surface area contributed by atoms with Gasteiger partial charge in [-0.05, 0) is 55.3 Å². The Labute approximate surface area is 127 Å². The minimum Gasteiger partial charge on any atom is -0.300 e. The molecule has 3 aliphatic heterocycles. The van der Waals surface area contributed by atoms with Crippen LogP contribution in [0.15, 0.2) is 36.5 Å². The Morgan fingerprint density at radius 1 is 1.24 bits per heavy atom. The molecule has 5 rings (SSSR count). The average molecular weight is 280 g/mol. The van der Waals surface area contributed by atoms with E-state index in [0.29, 0.717) is 0 Å². The van der Waals surface area contributed by atoms with Crippen molar-refractivity contribution in [1.29, 1.82) is 0 Å². The maximum atomic E-state index is 4.49. The largest absolute Gasteiger partial charge is 0.300 e. The van der Waals surface area contributed by atoms with Gasteiger partial charge in [0, 0.05) is 24.2 Å². The maximum Gasteiger partial charge on any atom is 0.0704 e. The molecular formula is C19H24N2. The Morgan fingerprint density at radius 3 is 2.95 bits per heavy atom. The van der Waals surface area contributed by atoms with Crippen LogP contribution < -0.4 is 0 Å². The van der Waals surface area contributed by atoms with Crippen molar-refractivity contribution in [2.75, 3.05) is 13.1 Å². The van der Waals surface area contributed by atoms with E-state index in [9.17, 15) is 0 Å². The summed E-state index contributed by atoms with van der Waals surface area (Å²) in [6.45, 7) is 5.00. The van der Waals surface area contributed by atoms with Gasteiger partial charge in [-0.1, -0.05) is 31.5 Å². The molecule has 2 nitrogen and oxygen atoms in total. The van der Waals surface area contributed by atoms with E-state index in [1.165, 1.54) is 49.7 Å². The van der Waals surface area contributed by atoms with E-state index in [1.54, 1.807) is 0 Å². The molecule has 4 heterocycles. The molecule has 4 unspecified atom stereocenters. The van der Waals surface area contributed by atoms with Crippen LogP contribution in [0.5, 0.6) is 0 Å². The lowest BCUT2D eigenvalue weighted by Gasteiger charge is -2.50. The minimum atomic E-state index is 0.748. The topological polar surface area (TPSA) is 16.1 Å². The number of rotatable bonds is 3. The molecule has 1 aromatic heterocycles. The summed E-state index contributed by atoms with van der Waals surface area (Å²) >= 11 is 0. The highest BCUT2D eigenvalue weighted by Crippen LogP contribution is 2.39. The first-order valence-corrected chi connectivity index (χ1v) is 8.42. The van der Waals surface area contributed by atoms with Crippen molar-refractivity contribution in [1.82, 2.24) is 9.88 Å². The first-order valence-electron chi connectivity index (χ1n) is 8.42. The predicted octanol–water partition coefficient (Wildman–Crippen LogP) is 3.90. The van der Waals surface area contributed by atoms with Crippen molar-refractivity contribution in [3.05, 3.63) is 42.1 Å². The third-order valence-corrected chi connectivity index (χ3v) is 5.73. The number of hydrogen-bond donors (Lipinski definition) is 0. The quantitative estimate of drug-likeness (QED) is 0.847. The van der Waals surface area contributed by atoms with Gasteiger partial charge >= 0.3 is 0 Å². The molecule has 0 saturated carbocycles. The number of hydrogen-bond acceptors (Lipinski definition) is 2. The molecule has 2 heteroatoms. The molecule has 3 fully saturated rings. The van der Waals surface area contributed by atoms with Crippen LogP contribution in [0.2, 0.25) is 0 Å². The standard InChI is InChI=1S/C19H24N2/c1-2-14-13-21-10-8-15(14)11-17(21)12-16-7-9-20-19-6-4-3-5-18(16)19/h3-7,9,14-15,17H,2,8,10-13H2,1H3. The molecule has 0 spiro atoms. The molecule has 110 valence electrons. The Morgan fingerprint density at radius 2 is 2.14 bits per heavy atom. The van der Waals surface area contributed by atoms with Crippen molar-refractivity contribution in [3.63, 3.8) is 0 Å². The number of benzene rings is 1. The molecule has 2 bridgehead atoms. The Hall–Kier alpha value is -1.41. The zero-order valence-corrected chi connectivity index (χ0v) is 12.8. The van der Waals surface area contributed by atoms with E-state index in [0.717, 1.165) is 23.4 Å². The van der Waals surface area contributed by atoms with Crippen molar-refractivity contribution in [2.45, 2.75) is 38.6 Å². The van der Waals surface area contributed by atoms with Gasteiger partial charge in [0.2, 0.25) is 0 Å². The van der Waals surface area contributed by atoms with Crippen LogP contribution in [-0.2, 0) is 6.42 Å². The minimum absolute atomic E-state index is 0.748. The molecule has 4 atom stereocenters. The highest BCUT2D eigenvalue weighted by molar-refractivity contribution is 5.81. The second kappa shape index (κ2) is 5.42. The molecule has 3 saturated heterocycles. The fourth-order valence-corrected chi connectivity index (χ4v) is 4.51. The number of pyridine rings is 1. The van der Waals surface area contributed by atoms with Gasteiger partial charge in [0.05, 0.1) is 5.52 Å². The Balaban J connectivity index is 1.59. The lowest BCUT2D eigenvalue weighted by molar-refractivity contribution is 0.000318. The zero-order valence-electron chi connectivity index (χ0n) is 12.8. The molecular weight excluding hydrogens is 256 g/mol. The number of piperidine rings is 3. The summed E-state index contributed by atoms with van der Waals surface area (Å²) in [4.78, 5) is 7.25. The van der Waals surface area contributed by atoms with E-state index >= 15 is 0 Å². The lowest BCUT2D eigenvalue weighted by Crippen LogP contribution is -2.53. The molecule has 21 heavy (non-hydrogen) atoms. The molecule has 0 aliphatic carbocycles. The highest BCUT2D eigenvalue weighted by atomic mass is 15.2. The zero-order chi connectivity index (χ0) is 14.2. The average Bonchev–Trinajstić information content (AvgIpc) is 2.56. The first kappa shape index (κ1) is 13.3. The van der Waals surface area contributed by atoms with Crippen LogP contribution in [0.1, 0.15) is 31.7 Å². The van der Waals surface area contributed by atoms with Gasteiger partial charge in [0.1, 0.15) is 0 Å². The predicted molar refractivity (Wildman–Crippen MR) is 87.3 cm³/mol. The summed E-state index contributed by atoms with van der Waals surface area (Å²) in [5, 5.41) is 1.34. The molecule has 3 aliphatic rings. The van der Waals surface area contributed by atoms with Crippen LogP contribution in [0.4, 0.5) is 0 Å². The van der Waals surface area contributed by atoms with Crippen molar-refractivity contribution in [2.24, 2.45) is 11.8 Å². The molecule has 1 aromatic carbocycles. The molecule has 0 radical (unpaired) electrons. The number of para-hydroxylation sites is 1. The SMILES string of the molecule is CCC1CN2CCC1CC2Cc1ccnc2ccccc12. The third-order valence-electron chi connectivity index (χ3n) is 5.73. The van der Waals surface area contributed by atoms with Crippen molar-refractivity contribution in [3.8, 4) is 0 Å². The summed E-state index contributed by atoms with van der Waals surface area (Å²) in [6.07, 6.45) is 7.34. The second-order valence-electron chi connectivity index (χ2n) is 6.79. The van der Waals surface area contributed by atoms with Crippen LogP contribution in [-0.4, -0.2) is 29.0 Å². The summed E-state index contributed by atoms with van der Waals surface area (Å²) in [7, 11) is 0. The smallest absolute Gasteiger partial charge is 0.0704 e. The second-order valence-corrected chi connectivity index (χ2v) is 6.79. The summed E-state index contributed by atoms with van der Waals surface area (Å²) in [5.41, 5.74) is 2.61. The van der Waals surface area contributed by atoms with Crippen molar-refractivity contribution >= 4 is 10.9 Å². The fraction of sp³-hybridized carbons (Fsp3) is 0.526. The van der Waals surface area contributed by atoms with Gasteiger partial charge < -0.3 is 0 Å². The van der Waals surface area contributed by atoms with Crippen LogP contribution in [0.3, 0.4) is 0 Å². The van der Waals surface area contributed by atoms with Gasteiger partial charge in [-0.2, -0.15) is 0 Å². The molecule has 0 amide bonds.